The van der Waals surface area contributed by atoms with Gasteiger partial charge in [0.15, 0.2) is 11.5 Å². The SMILES string of the molecule is O=C(c1ccccc1F)N1CCC[C@H](c2nc3ccc(N4CCCC4)cn3n2)C1. The van der Waals surface area contributed by atoms with Crippen molar-refractivity contribution in [1.29, 1.82) is 0 Å². The number of likely N-dealkylation sites (tertiary alicyclic amines) is 1. The van der Waals surface area contributed by atoms with Crippen LogP contribution in [-0.2, 0) is 0 Å². The summed E-state index contributed by atoms with van der Waals surface area (Å²) >= 11 is 0. The molecule has 0 aliphatic carbocycles. The number of benzene rings is 1. The monoisotopic (exact) mass is 393 g/mol. The zero-order valence-corrected chi connectivity index (χ0v) is 16.3. The van der Waals surface area contributed by atoms with Crippen molar-refractivity contribution >= 4 is 17.2 Å². The highest BCUT2D eigenvalue weighted by Crippen LogP contribution is 2.27. The van der Waals surface area contributed by atoms with Crippen LogP contribution in [0.2, 0.25) is 0 Å². The van der Waals surface area contributed by atoms with Gasteiger partial charge in [0, 0.05) is 32.1 Å². The minimum Gasteiger partial charge on any atom is -0.370 e. The Labute approximate surface area is 168 Å². The van der Waals surface area contributed by atoms with Crippen molar-refractivity contribution in [2.24, 2.45) is 0 Å². The fourth-order valence-electron chi connectivity index (χ4n) is 4.40. The van der Waals surface area contributed by atoms with Crippen LogP contribution >= 0.6 is 0 Å². The van der Waals surface area contributed by atoms with Gasteiger partial charge in [-0.3, -0.25) is 4.79 Å². The van der Waals surface area contributed by atoms with E-state index in [0.717, 1.165) is 37.4 Å². The molecule has 7 heteroatoms. The van der Waals surface area contributed by atoms with Crippen LogP contribution in [0, 0.1) is 5.82 Å². The summed E-state index contributed by atoms with van der Waals surface area (Å²) in [6.07, 6.45) is 6.29. The number of hydrogen-bond acceptors (Lipinski definition) is 4. The summed E-state index contributed by atoms with van der Waals surface area (Å²) in [5.74, 6) is 0.0945. The molecule has 150 valence electrons. The van der Waals surface area contributed by atoms with Crippen molar-refractivity contribution in [3.8, 4) is 0 Å². The summed E-state index contributed by atoms with van der Waals surface area (Å²) in [5, 5.41) is 4.72. The first-order chi connectivity index (χ1) is 14.2. The molecule has 1 aromatic carbocycles. The van der Waals surface area contributed by atoms with Gasteiger partial charge in [-0.1, -0.05) is 12.1 Å². The maximum atomic E-state index is 14.0. The smallest absolute Gasteiger partial charge is 0.256 e. The van der Waals surface area contributed by atoms with Crippen LogP contribution in [0.4, 0.5) is 10.1 Å². The third kappa shape index (κ3) is 3.45. The van der Waals surface area contributed by atoms with E-state index in [4.69, 9.17) is 10.1 Å². The van der Waals surface area contributed by atoms with Gasteiger partial charge in [0.2, 0.25) is 0 Å². The zero-order valence-electron chi connectivity index (χ0n) is 16.3. The van der Waals surface area contributed by atoms with Crippen molar-refractivity contribution in [1.82, 2.24) is 19.5 Å². The molecular weight excluding hydrogens is 369 g/mol. The van der Waals surface area contributed by atoms with E-state index in [2.05, 4.69) is 11.0 Å². The quantitative estimate of drug-likeness (QED) is 0.684. The standard InChI is InChI=1S/C22H24FN5O/c23-19-8-2-1-7-18(19)22(29)27-13-5-6-16(14-27)21-24-20-10-9-17(15-28(20)25-21)26-11-3-4-12-26/h1-2,7-10,15-16H,3-6,11-14H2/t16-/m0/s1. The molecule has 2 fully saturated rings. The molecule has 2 aromatic heterocycles. The molecule has 0 spiro atoms. The number of rotatable bonds is 3. The van der Waals surface area contributed by atoms with Gasteiger partial charge < -0.3 is 9.80 Å². The normalized spacial score (nSPS) is 19.8. The number of nitrogens with zero attached hydrogens (tertiary/aromatic N) is 5. The Hall–Kier alpha value is -2.96. The van der Waals surface area contributed by atoms with Gasteiger partial charge in [-0.2, -0.15) is 5.10 Å². The van der Waals surface area contributed by atoms with Gasteiger partial charge >= 0.3 is 0 Å². The van der Waals surface area contributed by atoms with E-state index in [1.165, 1.54) is 24.6 Å². The Balaban J connectivity index is 1.37. The van der Waals surface area contributed by atoms with E-state index in [0.29, 0.717) is 13.1 Å². The van der Waals surface area contributed by atoms with Gasteiger partial charge in [-0.25, -0.2) is 13.9 Å². The average molecular weight is 393 g/mol. The van der Waals surface area contributed by atoms with E-state index >= 15 is 0 Å². The lowest BCUT2D eigenvalue weighted by Crippen LogP contribution is -2.39. The third-order valence-corrected chi connectivity index (χ3v) is 5.98. The number of amides is 1. The number of piperidine rings is 1. The summed E-state index contributed by atoms with van der Waals surface area (Å²) < 4.78 is 15.9. The first-order valence-corrected chi connectivity index (χ1v) is 10.3. The summed E-state index contributed by atoms with van der Waals surface area (Å²) in [5.41, 5.74) is 2.12. The van der Waals surface area contributed by atoms with Crippen LogP contribution in [0.15, 0.2) is 42.6 Å². The van der Waals surface area contributed by atoms with E-state index in [9.17, 15) is 9.18 Å². The van der Waals surface area contributed by atoms with Crippen LogP contribution < -0.4 is 4.90 Å². The van der Waals surface area contributed by atoms with Crippen molar-refractivity contribution in [2.75, 3.05) is 31.1 Å². The average Bonchev–Trinajstić information content (AvgIpc) is 3.43. The number of fused-ring (bicyclic) bond motifs is 1. The van der Waals surface area contributed by atoms with Crippen LogP contribution in [0.3, 0.4) is 0 Å². The molecule has 2 aliphatic heterocycles. The van der Waals surface area contributed by atoms with Crippen LogP contribution in [0.1, 0.15) is 47.8 Å². The Morgan fingerprint density at radius 3 is 2.69 bits per heavy atom. The predicted octanol–water partition coefficient (Wildman–Crippen LogP) is 3.49. The highest BCUT2D eigenvalue weighted by atomic mass is 19.1. The molecule has 29 heavy (non-hydrogen) atoms. The van der Waals surface area contributed by atoms with E-state index in [1.54, 1.807) is 23.1 Å². The number of aromatic nitrogens is 3. The highest BCUT2D eigenvalue weighted by Gasteiger charge is 2.29. The van der Waals surface area contributed by atoms with Gasteiger partial charge in [0.1, 0.15) is 5.82 Å². The third-order valence-electron chi connectivity index (χ3n) is 5.98. The van der Waals surface area contributed by atoms with Crippen molar-refractivity contribution < 1.29 is 9.18 Å². The van der Waals surface area contributed by atoms with Crippen molar-refractivity contribution in [2.45, 2.75) is 31.6 Å². The number of anilines is 1. The fourth-order valence-corrected chi connectivity index (χ4v) is 4.40. The molecule has 0 bridgehead atoms. The Morgan fingerprint density at radius 1 is 1.03 bits per heavy atom. The largest absolute Gasteiger partial charge is 0.370 e. The van der Waals surface area contributed by atoms with Gasteiger partial charge in [-0.15, -0.1) is 0 Å². The second kappa shape index (κ2) is 7.46. The summed E-state index contributed by atoms with van der Waals surface area (Å²) in [6, 6.07) is 10.3. The lowest BCUT2D eigenvalue weighted by molar-refractivity contribution is 0.0700. The van der Waals surface area contributed by atoms with Crippen molar-refractivity contribution in [3.63, 3.8) is 0 Å². The first kappa shape index (κ1) is 18.1. The van der Waals surface area contributed by atoms with E-state index in [1.807, 2.05) is 16.8 Å². The minimum atomic E-state index is -0.472. The summed E-state index contributed by atoms with van der Waals surface area (Å²) in [4.78, 5) is 21.6. The second-order valence-corrected chi connectivity index (χ2v) is 7.92. The lowest BCUT2D eigenvalue weighted by Gasteiger charge is -2.31. The van der Waals surface area contributed by atoms with Crippen LogP contribution in [0.25, 0.3) is 5.65 Å². The first-order valence-electron chi connectivity index (χ1n) is 10.3. The minimum absolute atomic E-state index is 0.0645. The Morgan fingerprint density at radius 2 is 1.86 bits per heavy atom. The maximum absolute atomic E-state index is 14.0. The predicted molar refractivity (Wildman–Crippen MR) is 109 cm³/mol. The highest BCUT2D eigenvalue weighted by molar-refractivity contribution is 5.94. The topological polar surface area (TPSA) is 53.7 Å². The summed E-state index contributed by atoms with van der Waals surface area (Å²) in [7, 11) is 0. The number of carbonyl (C=O) groups excluding carboxylic acids is 1. The molecule has 5 rings (SSSR count). The molecule has 4 heterocycles. The molecule has 1 atom stereocenters. The molecule has 0 radical (unpaired) electrons. The number of pyridine rings is 1. The van der Waals surface area contributed by atoms with Gasteiger partial charge in [-0.05, 0) is 49.9 Å². The van der Waals surface area contributed by atoms with Crippen LogP contribution in [-0.4, -0.2) is 51.6 Å². The van der Waals surface area contributed by atoms with Gasteiger partial charge in [0.05, 0.1) is 17.4 Å². The molecular formula is C22H24FN5O. The molecule has 2 aliphatic rings. The molecule has 3 aromatic rings. The second-order valence-electron chi connectivity index (χ2n) is 7.92. The molecule has 0 saturated carbocycles. The van der Waals surface area contributed by atoms with Crippen LogP contribution in [0.5, 0.6) is 0 Å². The maximum Gasteiger partial charge on any atom is 0.256 e. The van der Waals surface area contributed by atoms with Crippen molar-refractivity contribution in [3.05, 3.63) is 59.8 Å². The molecule has 1 amide bonds. The molecule has 0 N–H and O–H groups in total. The van der Waals surface area contributed by atoms with E-state index < -0.39 is 5.82 Å². The molecule has 6 nitrogen and oxygen atoms in total. The van der Waals surface area contributed by atoms with E-state index in [-0.39, 0.29) is 17.4 Å². The lowest BCUT2D eigenvalue weighted by atomic mass is 9.96. The summed E-state index contributed by atoms with van der Waals surface area (Å²) in [6.45, 7) is 3.32. The Bertz CT molecular complexity index is 1040. The molecule has 0 unspecified atom stereocenters. The Kier molecular flexibility index (Phi) is 4.66. The van der Waals surface area contributed by atoms with Gasteiger partial charge in [0.25, 0.3) is 5.91 Å². The molecule has 2 saturated heterocycles. The number of hydrogen-bond donors (Lipinski definition) is 0. The number of carbonyl (C=O) groups is 1. The zero-order chi connectivity index (χ0) is 19.8. The fraction of sp³-hybridized carbons (Fsp3) is 0.409. The number of halogens is 1.